The highest BCUT2D eigenvalue weighted by atomic mass is 16.5. The molecule has 2 N–H and O–H groups in total. The normalized spacial score (nSPS) is 21.3. The molecule has 0 saturated heterocycles. The summed E-state index contributed by atoms with van der Waals surface area (Å²) >= 11 is 0. The van der Waals surface area contributed by atoms with Gasteiger partial charge in [0.1, 0.15) is 6.61 Å². The Balaban J connectivity index is 1.28. The number of benzene rings is 2. The van der Waals surface area contributed by atoms with E-state index < -0.39 is 0 Å². The molecule has 2 aliphatic rings. The lowest BCUT2D eigenvalue weighted by Crippen LogP contribution is -2.27. The Morgan fingerprint density at radius 3 is 2.41 bits per heavy atom. The molecule has 0 aliphatic heterocycles. The summed E-state index contributed by atoms with van der Waals surface area (Å²) in [4.78, 5) is 12.1. The number of fused-ring (bicyclic) bond motifs is 3. The molecule has 4 rings (SSSR count). The molecule has 1 amide bonds. The van der Waals surface area contributed by atoms with Crippen molar-refractivity contribution in [3.63, 3.8) is 0 Å². The maximum absolute atomic E-state index is 12.1. The number of ether oxygens (including phenoxy) is 1. The van der Waals surface area contributed by atoms with E-state index in [1.165, 1.54) is 22.3 Å². The maximum Gasteiger partial charge on any atom is 0.407 e. The average Bonchev–Trinajstić information content (AvgIpc) is 3.40. The van der Waals surface area contributed by atoms with Crippen molar-refractivity contribution in [3.05, 3.63) is 59.7 Å². The Bertz CT molecular complexity index is 773. The van der Waals surface area contributed by atoms with Crippen LogP contribution in [0.5, 0.6) is 0 Å². The van der Waals surface area contributed by atoms with Crippen molar-refractivity contribution in [3.8, 4) is 11.1 Å². The maximum atomic E-state index is 12.1. The van der Waals surface area contributed by atoms with Crippen LogP contribution in [-0.2, 0) is 4.74 Å². The summed E-state index contributed by atoms with van der Waals surface area (Å²) in [6.07, 6.45) is 1.78. The predicted molar refractivity (Wildman–Crippen MR) is 106 cm³/mol. The van der Waals surface area contributed by atoms with Crippen molar-refractivity contribution in [1.82, 2.24) is 5.32 Å². The van der Waals surface area contributed by atoms with Crippen molar-refractivity contribution in [2.75, 3.05) is 19.8 Å². The first-order valence-electron chi connectivity index (χ1n) is 9.88. The van der Waals surface area contributed by atoms with Gasteiger partial charge in [-0.15, -0.1) is 0 Å². The standard InChI is InChI=1S/C23H27NO3/c1-15(13-25)21-12-16(21)10-11-24-23(26)27-14-22-19-8-4-2-6-17(19)18-7-3-5-9-20(18)22/h2-9,15-16,21-22,25H,10-14H2,1H3,(H,24,26)/t15-,16?,21?/m1/s1. The van der Waals surface area contributed by atoms with Gasteiger partial charge in [0.25, 0.3) is 0 Å². The van der Waals surface area contributed by atoms with Gasteiger partial charge in [-0.3, -0.25) is 0 Å². The smallest absolute Gasteiger partial charge is 0.407 e. The fraction of sp³-hybridized carbons (Fsp3) is 0.435. The van der Waals surface area contributed by atoms with Crippen LogP contribution < -0.4 is 5.32 Å². The molecule has 2 aromatic carbocycles. The van der Waals surface area contributed by atoms with Crippen LogP contribution in [0.15, 0.2) is 48.5 Å². The molecule has 27 heavy (non-hydrogen) atoms. The van der Waals surface area contributed by atoms with Gasteiger partial charge in [-0.2, -0.15) is 0 Å². The molecule has 0 heterocycles. The van der Waals surface area contributed by atoms with Gasteiger partial charge >= 0.3 is 6.09 Å². The third-order valence-electron chi connectivity index (χ3n) is 6.12. The van der Waals surface area contributed by atoms with Crippen molar-refractivity contribution in [2.45, 2.75) is 25.7 Å². The zero-order chi connectivity index (χ0) is 18.8. The van der Waals surface area contributed by atoms with Crippen LogP contribution in [0.2, 0.25) is 0 Å². The van der Waals surface area contributed by atoms with Crippen LogP contribution >= 0.6 is 0 Å². The van der Waals surface area contributed by atoms with E-state index >= 15 is 0 Å². The molecule has 1 saturated carbocycles. The van der Waals surface area contributed by atoms with Gasteiger partial charge in [0.15, 0.2) is 0 Å². The predicted octanol–water partition coefficient (Wildman–Crippen LogP) is 4.18. The number of hydrogen-bond donors (Lipinski definition) is 2. The molecule has 4 nitrogen and oxygen atoms in total. The molecule has 0 bridgehead atoms. The molecule has 2 aliphatic carbocycles. The van der Waals surface area contributed by atoms with Crippen LogP contribution in [-0.4, -0.2) is 31.0 Å². The van der Waals surface area contributed by atoms with Gasteiger partial charge in [-0.05, 0) is 52.8 Å². The lowest BCUT2D eigenvalue weighted by atomic mass is 9.98. The minimum atomic E-state index is -0.343. The molecule has 0 spiro atoms. The Morgan fingerprint density at radius 1 is 1.15 bits per heavy atom. The van der Waals surface area contributed by atoms with Gasteiger partial charge in [0, 0.05) is 19.1 Å². The fourth-order valence-electron chi connectivity index (χ4n) is 4.44. The Labute approximate surface area is 160 Å². The van der Waals surface area contributed by atoms with Crippen LogP contribution in [0.1, 0.15) is 36.8 Å². The molecule has 3 atom stereocenters. The molecular formula is C23H27NO3. The zero-order valence-corrected chi connectivity index (χ0v) is 15.7. The summed E-state index contributed by atoms with van der Waals surface area (Å²) < 4.78 is 5.55. The average molecular weight is 365 g/mol. The van der Waals surface area contributed by atoms with E-state index in [1.54, 1.807) is 0 Å². The lowest BCUT2D eigenvalue weighted by Gasteiger charge is -2.14. The summed E-state index contributed by atoms with van der Waals surface area (Å²) in [6, 6.07) is 16.7. The van der Waals surface area contributed by atoms with Crippen LogP contribution in [0.4, 0.5) is 4.79 Å². The SMILES string of the molecule is C[C@H](CO)C1CC1CCNC(=O)OCC1c2ccccc2-c2ccccc21. The third-order valence-corrected chi connectivity index (χ3v) is 6.12. The molecule has 1 fully saturated rings. The summed E-state index contributed by atoms with van der Waals surface area (Å²) in [5.74, 6) is 1.70. The number of alkyl carbamates (subject to hydrolysis) is 1. The lowest BCUT2D eigenvalue weighted by molar-refractivity contribution is 0.142. The van der Waals surface area contributed by atoms with E-state index in [1.807, 2.05) is 24.3 Å². The molecule has 2 aromatic rings. The number of carbonyl (C=O) groups is 1. The van der Waals surface area contributed by atoms with Gasteiger partial charge in [0.05, 0.1) is 0 Å². The first-order chi connectivity index (χ1) is 13.2. The number of nitrogens with one attached hydrogen (secondary N) is 1. The Morgan fingerprint density at radius 2 is 1.78 bits per heavy atom. The van der Waals surface area contributed by atoms with E-state index in [-0.39, 0.29) is 18.6 Å². The second kappa shape index (κ2) is 7.73. The van der Waals surface area contributed by atoms with Crippen LogP contribution in [0.25, 0.3) is 11.1 Å². The van der Waals surface area contributed by atoms with Crippen LogP contribution in [0.3, 0.4) is 0 Å². The highest BCUT2D eigenvalue weighted by Gasteiger charge is 2.39. The van der Waals surface area contributed by atoms with E-state index in [0.29, 0.717) is 30.9 Å². The number of aliphatic hydroxyl groups excluding tert-OH is 1. The monoisotopic (exact) mass is 365 g/mol. The van der Waals surface area contributed by atoms with E-state index in [4.69, 9.17) is 4.74 Å². The minimum Gasteiger partial charge on any atom is -0.449 e. The number of aliphatic hydroxyl groups is 1. The number of hydrogen-bond acceptors (Lipinski definition) is 3. The van der Waals surface area contributed by atoms with Gasteiger partial charge < -0.3 is 15.2 Å². The Kier molecular flexibility index (Phi) is 5.17. The van der Waals surface area contributed by atoms with Crippen molar-refractivity contribution >= 4 is 6.09 Å². The number of amides is 1. The molecule has 0 aromatic heterocycles. The topological polar surface area (TPSA) is 58.6 Å². The van der Waals surface area contributed by atoms with E-state index in [2.05, 4.69) is 36.5 Å². The number of carbonyl (C=O) groups excluding carboxylic acids is 1. The summed E-state index contributed by atoms with van der Waals surface area (Å²) in [5.41, 5.74) is 4.93. The van der Waals surface area contributed by atoms with E-state index in [9.17, 15) is 9.90 Å². The van der Waals surface area contributed by atoms with Crippen LogP contribution in [0, 0.1) is 17.8 Å². The highest BCUT2D eigenvalue weighted by Crippen LogP contribution is 2.46. The van der Waals surface area contributed by atoms with Crippen molar-refractivity contribution < 1.29 is 14.6 Å². The molecule has 4 heteroatoms. The summed E-state index contributed by atoms with van der Waals surface area (Å²) in [5, 5.41) is 12.1. The minimum absolute atomic E-state index is 0.0985. The first-order valence-corrected chi connectivity index (χ1v) is 9.88. The molecular weight excluding hydrogens is 338 g/mol. The van der Waals surface area contributed by atoms with E-state index in [0.717, 1.165) is 12.8 Å². The second-order valence-corrected chi connectivity index (χ2v) is 7.86. The first kappa shape index (κ1) is 18.1. The van der Waals surface area contributed by atoms with Crippen molar-refractivity contribution in [2.24, 2.45) is 17.8 Å². The number of rotatable bonds is 7. The van der Waals surface area contributed by atoms with Gasteiger partial charge in [-0.1, -0.05) is 55.5 Å². The fourth-order valence-corrected chi connectivity index (χ4v) is 4.44. The zero-order valence-electron chi connectivity index (χ0n) is 15.7. The third kappa shape index (κ3) is 3.72. The van der Waals surface area contributed by atoms with Gasteiger partial charge in [-0.25, -0.2) is 4.79 Å². The largest absolute Gasteiger partial charge is 0.449 e. The molecule has 0 radical (unpaired) electrons. The Hall–Kier alpha value is -2.33. The molecule has 142 valence electrons. The quantitative estimate of drug-likeness (QED) is 0.774. The highest BCUT2D eigenvalue weighted by molar-refractivity contribution is 5.79. The van der Waals surface area contributed by atoms with Gasteiger partial charge in [0.2, 0.25) is 0 Å². The summed E-state index contributed by atoms with van der Waals surface area (Å²) in [6.45, 7) is 3.33. The summed E-state index contributed by atoms with van der Waals surface area (Å²) in [7, 11) is 0. The molecule has 2 unspecified atom stereocenters. The second-order valence-electron chi connectivity index (χ2n) is 7.86. The van der Waals surface area contributed by atoms with Crippen molar-refractivity contribution in [1.29, 1.82) is 0 Å².